The number of pyridine rings is 1. The van der Waals surface area contributed by atoms with E-state index in [1.807, 2.05) is 24.3 Å². The van der Waals surface area contributed by atoms with Gasteiger partial charge in [0.05, 0.1) is 5.52 Å². The van der Waals surface area contributed by atoms with Crippen molar-refractivity contribution >= 4 is 39.9 Å². The van der Waals surface area contributed by atoms with E-state index in [-0.39, 0.29) is 12.4 Å². The van der Waals surface area contributed by atoms with Crippen molar-refractivity contribution in [3.8, 4) is 0 Å². The summed E-state index contributed by atoms with van der Waals surface area (Å²) in [5.41, 5.74) is 6.68. The molecule has 0 fully saturated rings. The number of benzene rings is 2. The van der Waals surface area contributed by atoms with Gasteiger partial charge >= 0.3 is 0 Å². The molecule has 0 amide bonds. The van der Waals surface area contributed by atoms with Gasteiger partial charge in [0.25, 0.3) is 0 Å². The lowest BCUT2D eigenvalue weighted by atomic mass is 10.1. The average molecular weight is 231 g/mol. The Balaban J connectivity index is 0.000000963. The lowest BCUT2D eigenvalue weighted by molar-refractivity contribution is 1.43. The second-order valence-corrected chi connectivity index (χ2v) is 3.59. The number of hydrogen-bond donors (Lipinski definition) is 1. The number of aromatic nitrogens is 1. The minimum atomic E-state index is 0. The molecule has 0 atom stereocenters. The maximum absolute atomic E-state index is 5.70. The molecule has 0 unspecified atom stereocenters. The van der Waals surface area contributed by atoms with E-state index in [4.69, 9.17) is 5.73 Å². The topological polar surface area (TPSA) is 38.9 Å². The molecule has 1 aromatic heterocycles. The Morgan fingerprint density at radius 2 is 1.50 bits per heavy atom. The van der Waals surface area contributed by atoms with Crippen LogP contribution in [-0.2, 0) is 0 Å². The third-order valence-electron chi connectivity index (χ3n) is 2.61. The second kappa shape index (κ2) is 3.99. The summed E-state index contributed by atoms with van der Waals surface area (Å²) >= 11 is 0. The standard InChI is InChI=1S/C13H10N2.ClH/c14-12-8-7-10-6-5-9-3-1-2-4-11(9)13(10)15-12;/h1-8H,(H2,14,15);1H. The molecule has 2 N–H and O–H groups in total. The first-order valence-corrected chi connectivity index (χ1v) is 4.88. The van der Waals surface area contributed by atoms with Crippen molar-refractivity contribution in [1.82, 2.24) is 4.98 Å². The van der Waals surface area contributed by atoms with Crippen LogP contribution in [0, 0.1) is 0 Å². The Hall–Kier alpha value is -1.80. The Labute approximate surface area is 99.5 Å². The van der Waals surface area contributed by atoms with Gasteiger partial charge in [0, 0.05) is 10.8 Å². The molecular formula is C13H11ClN2. The van der Waals surface area contributed by atoms with Gasteiger partial charge in [-0.25, -0.2) is 4.98 Å². The molecule has 0 saturated heterocycles. The first-order chi connectivity index (χ1) is 7.34. The highest BCUT2D eigenvalue weighted by molar-refractivity contribution is 6.05. The van der Waals surface area contributed by atoms with Crippen molar-refractivity contribution in [2.24, 2.45) is 0 Å². The summed E-state index contributed by atoms with van der Waals surface area (Å²) in [4.78, 5) is 4.38. The summed E-state index contributed by atoms with van der Waals surface area (Å²) in [5.74, 6) is 0.568. The lowest BCUT2D eigenvalue weighted by Crippen LogP contribution is -1.90. The molecule has 0 aliphatic carbocycles. The van der Waals surface area contributed by atoms with Crippen LogP contribution in [0.25, 0.3) is 21.7 Å². The summed E-state index contributed by atoms with van der Waals surface area (Å²) in [6.07, 6.45) is 0. The maximum atomic E-state index is 5.70. The highest BCUT2D eigenvalue weighted by Crippen LogP contribution is 2.24. The summed E-state index contributed by atoms with van der Waals surface area (Å²) < 4.78 is 0. The number of anilines is 1. The fraction of sp³-hybridized carbons (Fsp3) is 0. The third kappa shape index (κ3) is 1.57. The van der Waals surface area contributed by atoms with Gasteiger partial charge < -0.3 is 5.73 Å². The molecule has 0 aliphatic heterocycles. The van der Waals surface area contributed by atoms with Gasteiger partial charge in [0.2, 0.25) is 0 Å². The van der Waals surface area contributed by atoms with Crippen LogP contribution >= 0.6 is 12.4 Å². The predicted molar refractivity (Wildman–Crippen MR) is 70.9 cm³/mol. The van der Waals surface area contributed by atoms with Crippen molar-refractivity contribution in [3.63, 3.8) is 0 Å². The first-order valence-electron chi connectivity index (χ1n) is 4.88. The van der Waals surface area contributed by atoms with Crippen LogP contribution in [0.1, 0.15) is 0 Å². The highest BCUT2D eigenvalue weighted by Gasteiger charge is 2.00. The molecule has 2 aromatic carbocycles. The molecule has 0 radical (unpaired) electrons. The Morgan fingerprint density at radius 1 is 0.812 bits per heavy atom. The van der Waals surface area contributed by atoms with Crippen molar-refractivity contribution in [2.75, 3.05) is 5.73 Å². The van der Waals surface area contributed by atoms with Gasteiger partial charge in [-0.3, -0.25) is 0 Å². The van der Waals surface area contributed by atoms with Gasteiger partial charge in [0.15, 0.2) is 0 Å². The SMILES string of the molecule is Cl.Nc1ccc2ccc3ccccc3c2n1. The number of fused-ring (bicyclic) bond motifs is 3. The average Bonchev–Trinajstić information content (AvgIpc) is 2.29. The number of hydrogen-bond acceptors (Lipinski definition) is 2. The number of nitrogens with zero attached hydrogens (tertiary/aromatic N) is 1. The predicted octanol–water partition coefficient (Wildman–Crippen LogP) is 3.39. The van der Waals surface area contributed by atoms with Crippen molar-refractivity contribution in [3.05, 3.63) is 48.5 Å². The van der Waals surface area contributed by atoms with Gasteiger partial charge in [-0.05, 0) is 17.5 Å². The maximum Gasteiger partial charge on any atom is 0.124 e. The van der Waals surface area contributed by atoms with E-state index < -0.39 is 0 Å². The van der Waals surface area contributed by atoms with Crippen LogP contribution in [0.2, 0.25) is 0 Å². The van der Waals surface area contributed by atoms with E-state index in [0.29, 0.717) is 5.82 Å². The largest absolute Gasteiger partial charge is 0.384 e. The fourth-order valence-electron chi connectivity index (χ4n) is 1.87. The zero-order chi connectivity index (χ0) is 10.3. The zero-order valence-electron chi connectivity index (χ0n) is 8.55. The van der Waals surface area contributed by atoms with Crippen LogP contribution in [0.3, 0.4) is 0 Å². The van der Waals surface area contributed by atoms with Crippen LogP contribution in [-0.4, -0.2) is 4.98 Å². The number of nitrogens with two attached hydrogens (primary N) is 1. The van der Waals surface area contributed by atoms with Gasteiger partial charge in [0.1, 0.15) is 5.82 Å². The molecule has 80 valence electrons. The second-order valence-electron chi connectivity index (χ2n) is 3.59. The minimum absolute atomic E-state index is 0. The first kappa shape index (κ1) is 10.7. The lowest BCUT2D eigenvalue weighted by Gasteiger charge is -2.03. The normalized spacial score (nSPS) is 10.2. The van der Waals surface area contributed by atoms with Crippen molar-refractivity contribution in [2.45, 2.75) is 0 Å². The number of halogens is 1. The van der Waals surface area contributed by atoms with Gasteiger partial charge in [-0.15, -0.1) is 12.4 Å². The fourth-order valence-corrected chi connectivity index (χ4v) is 1.87. The van der Waals surface area contributed by atoms with Crippen LogP contribution in [0.4, 0.5) is 5.82 Å². The van der Waals surface area contributed by atoms with E-state index in [1.165, 1.54) is 5.39 Å². The Kier molecular flexibility index (Phi) is 2.67. The summed E-state index contributed by atoms with van der Waals surface area (Å²) in [5, 5.41) is 3.48. The molecule has 0 aliphatic rings. The monoisotopic (exact) mass is 230 g/mol. The molecule has 0 spiro atoms. The quantitative estimate of drug-likeness (QED) is 0.602. The Morgan fingerprint density at radius 3 is 2.38 bits per heavy atom. The van der Waals surface area contributed by atoms with Gasteiger partial charge in [-0.1, -0.05) is 36.4 Å². The van der Waals surface area contributed by atoms with E-state index in [1.54, 1.807) is 0 Å². The summed E-state index contributed by atoms with van der Waals surface area (Å²) in [6, 6.07) is 16.2. The van der Waals surface area contributed by atoms with E-state index in [0.717, 1.165) is 16.3 Å². The Bertz CT molecular complexity index is 650. The molecule has 2 nitrogen and oxygen atoms in total. The van der Waals surface area contributed by atoms with Crippen LogP contribution in [0.15, 0.2) is 48.5 Å². The molecule has 1 heterocycles. The van der Waals surface area contributed by atoms with Crippen molar-refractivity contribution in [1.29, 1.82) is 0 Å². The number of rotatable bonds is 0. The summed E-state index contributed by atoms with van der Waals surface area (Å²) in [6.45, 7) is 0. The molecular weight excluding hydrogens is 220 g/mol. The smallest absolute Gasteiger partial charge is 0.124 e. The van der Waals surface area contributed by atoms with Crippen LogP contribution < -0.4 is 5.73 Å². The van der Waals surface area contributed by atoms with Gasteiger partial charge in [-0.2, -0.15) is 0 Å². The molecule has 3 heteroatoms. The molecule has 0 saturated carbocycles. The molecule has 3 rings (SSSR count). The highest BCUT2D eigenvalue weighted by atomic mass is 35.5. The molecule has 0 bridgehead atoms. The molecule has 3 aromatic rings. The van der Waals surface area contributed by atoms with Crippen LogP contribution in [0.5, 0.6) is 0 Å². The number of nitrogen functional groups attached to an aromatic ring is 1. The van der Waals surface area contributed by atoms with E-state index in [2.05, 4.69) is 29.2 Å². The minimum Gasteiger partial charge on any atom is -0.384 e. The zero-order valence-corrected chi connectivity index (χ0v) is 9.37. The third-order valence-corrected chi connectivity index (χ3v) is 2.61. The van der Waals surface area contributed by atoms with Crippen molar-refractivity contribution < 1.29 is 0 Å². The van der Waals surface area contributed by atoms with E-state index in [9.17, 15) is 0 Å². The molecule has 16 heavy (non-hydrogen) atoms. The van der Waals surface area contributed by atoms with E-state index >= 15 is 0 Å². The summed E-state index contributed by atoms with van der Waals surface area (Å²) in [7, 11) is 0.